The molecule has 394 valence electrons. The van der Waals surface area contributed by atoms with Crippen LogP contribution in [0.2, 0.25) is 0 Å². The molecule has 0 aromatic heterocycles. The Morgan fingerprint density at radius 2 is 1.32 bits per heavy atom. The topological polar surface area (TPSA) is 115 Å². The number of fused-ring (bicyclic) bond motifs is 5. The summed E-state index contributed by atoms with van der Waals surface area (Å²) < 4.78 is 24.5. The third kappa shape index (κ3) is 11.6. The van der Waals surface area contributed by atoms with Crippen molar-refractivity contribution in [1.82, 2.24) is 10.6 Å². The first-order valence-electron chi connectivity index (χ1n) is 27.9. The molecule has 9 nitrogen and oxygen atoms in total. The quantitative estimate of drug-likeness (QED) is 0.0311. The second-order valence-corrected chi connectivity index (χ2v) is 23.3. The van der Waals surface area contributed by atoms with Crippen molar-refractivity contribution in [3.05, 3.63) is 143 Å². The molecule has 4 aromatic carbocycles. The summed E-state index contributed by atoms with van der Waals surface area (Å²) in [7, 11) is 3.25. The molecule has 3 saturated carbocycles. The second kappa shape index (κ2) is 23.6. The smallest absolute Gasteiger partial charge is 0.407 e. The van der Waals surface area contributed by atoms with Crippen LogP contribution in [0.25, 0.3) is 0 Å². The lowest BCUT2D eigenvalue weighted by Gasteiger charge is -2.58. The second-order valence-electron chi connectivity index (χ2n) is 23.3. The lowest BCUT2D eigenvalue weighted by Crippen LogP contribution is -2.54. The first kappa shape index (κ1) is 54.2. The zero-order chi connectivity index (χ0) is 51.8. The number of benzene rings is 4. The summed E-state index contributed by atoms with van der Waals surface area (Å²) in [5.74, 6) is 3.95. The van der Waals surface area contributed by atoms with Crippen LogP contribution in [0.1, 0.15) is 160 Å². The molecular formula is C64H86N2O7. The average Bonchev–Trinajstić information content (AvgIpc) is 3.76. The number of aliphatic hydroxyl groups is 1. The molecule has 73 heavy (non-hydrogen) atoms. The molecule has 4 unspecified atom stereocenters. The molecule has 4 aliphatic rings. The Balaban J connectivity index is 0.841. The third-order valence-electron chi connectivity index (χ3n) is 18.5. The first-order chi connectivity index (χ1) is 35.1. The van der Waals surface area contributed by atoms with Gasteiger partial charge in [-0.15, -0.1) is 0 Å². The number of carbonyl (C=O) groups is 2. The Bertz CT molecular complexity index is 2390. The number of unbranched alkanes of at least 4 members (excludes halogenated alkanes) is 2. The number of carbonyl (C=O) groups excluding carboxylic acids is 2. The largest absolute Gasteiger partial charge is 0.497 e. The Morgan fingerprint density at radius 1 is 0.699 bits per heavy atom. The maximum Gasteiger partial charge on any atom is 0.407 e. The SMILES string of the molecule is COc1ccc(C(O[C@](O)(c2ccccc2)[C@H](C)NC(=O)CCCCCNC(=O)OC2CC[C@@]3(C)C(=CCC4C3CC[C@@]3(C)C4CC[C@@H]3[C@H](C)CCCC(C)C)C2)(c2ccccc2)c2ccc(OC)cc2)cc1. The third-order valence-corrected chi connectivity index (χ3v) is 18.5. The number of rotatable bonds is 22. The maximum atomic E-state index is 13.8. The summed E-state index contributed by atoms with van der Waals surface area (Å²) in [4.78, 5) is 26.9. The highest BCUT2D eigenvalue weighted by Gasteiger charge is 2.59. The fourth-order valence-corrected chi connectivity index (χ4v) is 14.4. The van der Waals surface area contributed by atoms with Crippen LogP contribution in [0.4, 0.5) is 4.79 Å². The summed E-state index contributed by atoms with van der Waals surface area (Å²) in [5.41, 5.74) is 3.61. The van der Waals surface area contributed by atoms with Crippen LogP contribution >= 0.6 is 0 Å². The van der Waals surface area contributed by atoms with Gasteiger partial charge in [-0.1, -0.05) is 157 Å². The number of ether oxygens (including phenoxy) is 4. The van der Waals surface area contributed by atoms with E-state index in [1.54, 1.807) is 21.1 Å². The number of hydrogen-bond acceptors (Lipinski definition) is 7. The standard InChI is InChI=1S/C64H86N2O7/c1-44(2)19-18-20-45(3)56-36-37-57-55-35-30-51-43-54(38-40-61(51,5)58(55)39-41-62(56,57)6)72-60(68)65-42-17-11-16-25-59(67)66-46(4)64(69,50-23-14-10-15-24-50)73-63(47-21-12-9-13-22-47,48-26-31-52(70-7)32-27-48)49-28-33-53(71-8)34-29-49/h9-10,12-15,21-24,26-34,44-46,54-58,69H,11,16-20,25,35-43H2,1-8H3,(H,65,68)(H,66,67)/t45-,46+,54?,55?,56-,57?,58?,61+,62-,64+/m1/s1. The van der Waals surface area contributed by atoms with E-state index in [0.29, 0.717) is 41.9 Å². The zero-order valence-corrected chi connectivity index (χ0v) is 45.3. The average molecular weight is 995 g/mol. The van der Waals surface area contributed by atoms with E-state index in [0.717, 1.165) is 77.9 Å². The van der Waals surface area contributed by atoms with E-state index >= 15 is 0 Å². The summed E-state index contributed by atoms with van der Waals surface area (Å²) in [6.07, 6.45) is 18.1. The van der Waals surface area contributed by atoms with Crippen molar-refractivity contribution in [1.29, 1.82) is 0 Å². The molecule has 4 aromatic rings. The Hall–Kier alpha value is -5.12. The number of hydrogen-bond donors (Lipinski definition) is 3. The van der Waals surface area contributed by atoms with E-state index < -0.39 is 17.4 Å². The molecule has 0 bridgehead atoms. The van der Waals surface area contributed by atoms with Gasteiger partial charge in [0.15, 0.2) is 0 Å². The summed E-state index contributed by atoms with van der Waals surface area (Å²) in [6.45, 7) is 14.7. The van der Waals surface area contributed by atoms with E-state index in [1.807, 2.05) is 109 Å². The van der Waals surface area contributed by atoms with Crippen molar-refractivity contribution in [2.75, 3.05) is 20.8 Å². The molecule has 2 amide bonds. The highest BCUT2D eigenvalue weighted by Crippen LogP contribution is 2.67. The molecule has 0 aliphatic heterocycles. The van der Waals surface area contributed by atoms with Crippen molar-refractivity contribution in [2.45, 2.75) is 161 Å². The summed E-state index contributed by atoms with van der Waals surface area (Å²) in [6, 6.07) is 33.4. The van der Waals surface area contributed by atoms with Crippen LogP contribution in [0.5, 0.6) is 11.5 Å². The van der Waals surface area contributed by atoms with Gasteiger partial charge in [-0.05, 0) is 152 Å². The van der Waals surface area contributed by atoms with Gasteiger partial charge in [0.1, 0.15) is 23.2 Å². The molecule has 3 N–H and O–H groups in total. The molecule has 8 rings (SSSR count). The lowest BCUT2D eigenvalue weighted by molar-refractivity contribution is -0.271. The lowest BCUT2D eigenvalue weighted by atomic mass is 9.47. The van der Waals surface area contributed by atoms with Crippen LogP contribution in [0.3, 0.4) is 0 Å². The van der Waals surface area contributed by atoms with Gasteiger partial charge in [-0.3, -0.25) is 4.79 Å². The Labute approximate surface area is 437 Å². The zero-order valence-electron chi connectivity index (χ0n) is 45.3. The van der Waals surface area contributed by atoms with Gasteiger partial charge in [0.25, 0.3) is 0 Å². The molecule has 0 radical (unpaired) electrons. The van der Waals surface area contributed by atoms with Crippen molar-refractivity contribution < 1.29 is 33.6 Å². The molecule has 0 heterocycles. The summed E-state index contributed by atoms with van der Waals surface area (Å²) in [5, 5.41) is 19.2. The van der Waals surface area contributed by atoms with Crippen LogP contribution in [-0.2, 0) is 25.7 Å². The monoisotopic (exact) mass is 995 g/mol. The number of nitrogens with one attached hydrogen (secondary N) is 2. The minimum Gasteiger partial charge on any atom is -0.497 e. The van der Waals surface area contributed by atoms with Gasteiger partial charge in [0.2, 0.25) is 11.7 Å². The fraction of sp³-hybridized carbons (Fsp3) is 0.562. The first-order valence-corrected chi connectivity index (χ1v) is 27.9. The van der Waals surface area contributed by atoms with Gasteiger partial charge in [-0.2, -0.15) is 0 Å². The van der Waals surface area contributed by atoms with E-state index in [-0.39, 0.29) is 29.9 Å². The maximum absolute atomic E-state index is 13.8. The van der Waals surface area contributed by atoms with Gasteiger partial charge in [0, 0.05) is 24.9 Å². The van der Waals surface area contributed by atoms with E-state index in [4.69, 9.17) is 18.9 Å². The van der Waals surface area contributed by atoms with E-state index in [1.165, 1.54) is 56.9 Å². The van der Waals surface area contributed by atoms with E-state index in [9.17, 15) is 14.7 Å². The Kier molecular flexibility index (Phi) is 17.5. The molecule has 9 heteroatoms. The van der Waals surface area contributed by atoms with Crippen molar-refractivity contribution in [3.63, 3.8) is 0 Å². The van der Waals surface area contributed by atoms with Crippen molar-refractivity contribution >= 4 is 12.0 Å². The minimum absolute atomic E-state index is 0.0956. The van der Waals surface area contributed by atoms with Crippen molar-refractivity contribution in [2.24, 2.45) is 46.3 Å². The van der Waals surface area contributed by atoms with Gasteiger partial charge in [0.05, 0.1) is 20.3 Å². The van der Waals surface area contributed by atoms with Crippen LogP contribution < -0.4 is 20.1 Å². The number of allylic oxidation sites excluding steroid dienone is 1. The van der Waals surface area contributed by atoms with Gasteiger partial charge < -0.3 is 34.7 Å². The number of alkyl carbamates (subject to hydrolysis) is 1. The van der Waals surface area contributed by atoms with Crippen molar-refractivity contribution in [3.8, 4) is 11.5 Å². The van der Waals surface area contributed by atoms with Crippen LogP contribution in [0, 0.1) is 46.3 Å². The predicted molar refractivity (Wildman–Crippen MR) is 291 cm³/mol. The Morgan fingerprint density at radius 3 is 1.93 bits per heavy atom. The normalized spacial score (nSPS) is 26.2. The molecule has 0 spiro atoms. The van der Waals surface area contributed by atoms with Crippen LogP contribution in [-0.4, -0.2) is 50.0 Å². The number of methoxy groups -OCH3 is 2. The highest BCUT2D eigenvalue weighted by molar-refractivity contribution is 5.76. The molecule has 4 aliphatic carbocycles. The number of amides is 2. The minimum atomic E-state index is -2.02. The predicted octanol–water partition coefficient (Wildman–Crippen LogP) is 14.1. The molecule has 0 saturated heterocycles. The molecule has 3 fully saturated rings. The van der Waals surface area contributed by atoms with Gasteiger partial charge in [-0.25, -0.2) is 4.79 Å². The fourth-order valence-electron chi connectivity index (χ4n) is 14.4. The van der Waals surface area contributed by atoms with Crippen LogP contribution in [0.15, 0.2) is 121 Å². The van der Waals surface area contributed by atoms with E-state index in [2.05, 4.69) is 51.3 Å². The highest BCUT2D eigenvalue weighted by atomic mass is 16.6. The van der Waals surface area contributed by atoms with Gasteiger partial charge >= 0.3 is 6.09 Å². The molecular weight excluding hydrogens is 909 g/mol. The molecule has 10 atom stereocenters. The summed E-state index contributed by atoms with van der Waals surface area (Å²) >= 11 is 0.